The Morgan fingerprint density at radius 1 is 1.15 bits per heavy atom. The summed E-state index contributed by atoms with van der Waals surface area (Å²) in [6.45, 7) is 6.79. The summed E-state index contributed by atoms with van der Waals surface area (Å²) in [6, 6.07) is 1.50. The Hall–Kier alpha value is -1.42. The zero-order chi connectivity index (χ0) is 19.3. The number of rotatable bonds is 7. The number of hydrogen-bond acceptors (Lipinski definition) is 5. The SMILES string of the molecule is Cn1cc(S(=O)(=O)N2CCCCC2)cc1C(=O)NCCCN1CCNCC1. The summed E-state index contributed by atoms with van der Waals surface area (Å²) >= 11 is 0. The van der Waals surface area contributed by atoms with Crippen LogP contribution in [0.4, 0.5) is 0 Å². The van der Waals surface area contributed by atoms with Crippen LogP contribution in [0, 0.1) is 0 Å². The number of piperidine rings is 1. The van der Waals surface area contributed by atoms with Crippen LogP contribution in [0.25, 0.3) is 0 Å². The summed E-state index contributed by atoms with van der Waals surface area (Å²) < 4.78 is 28.7. The number of nitrogens with one attached hydrogen (secondary N) is 2. The highest BCUT2D eigenvalue weighted by Crippen LogP contribution is 2.22. The summed E-state index contributed by atoms with van der Waals surface area (Å²) in [7, 11) is -1.80. The lowest BCUT2D eigenvalue weighted by atomic mass is 10.2. The molecule has 2 aliphatic heterocycles. The summed E-state index contributed by atoms with van der Waals surface area (Å²) in [5, 5.41) is 6.24. The largest absolute Gasteiger partial charge is 0.351 e. The van der Waals surface area contributed by atoms with Crippen LogP contribution in [-0.2, 0) is 17.1 Å². The minimum absolute atomic E-state index is 0.206. The summed E-state index contributed by atoms with van der Waals surface area (Å²) in [6.07, 6.45) is 5.29. The fourth-order valence-electron chi connectivity index (χ4n) is 3.69. The van der Waals surface area contributed by atoms with Crippen molar-refractivity contribution in [2.45, 2.75) is 30.6 Å². The Labute approximate surface area is 161 Å². The number of hydrogen-bond donors (Lipinski definition) is 2. The van der Waals surface area contributed by atoms with Crippen LogP contribution in [-0.4, -0.2) is 80.5 Å². The van der Waals surface area contributed by atoms with Gasteiger partial charge in [-0.1, -0.05) is 6.42 Å². The second-order valence-corrected chi connectivity index (χ2v) is 9.28. The molecule has 3 rings (SSSR count). The third kappa shape index (κ3) is 5.10. The quantitative estimate of drug-likeness (QED) is 0.643. The number of sulfonamides is 1. The molecule has 27 heavy (non-hydrogen) atoms. The number of nitrogens with zero attached hydrogens (tertiary/aromatic N) is 3. The summed E-state index contributed by atoms with van der Waals surface area (Å²) in [5.74, 6) is -0.224. The van der Waals surface area contributed by atoms with E-state index in [1.54, 1.807) is 17.8 Å². The van der Waals surface area contributed by atoms with Gasteiger partial charge in [-0.2, -0.15) is 4.31 Å². The van der Waals surface area contributed by atoms with Gasteiger partial charge in [0.1, 0.15) is 10.6 Å². The predicted molar refractivity (Wildman–Crippen MR) is 104 cm³/mol. The average Bonchev–Trinajstić information content (AvgIpc) is 3.09. The van der Waals surface area contributed by atoms with E-state index in [2.05, 4.69) is 15.5 Å². The van der Waals surface area contributed by atoms with Gasteiger partial charge in [-0.15, -0.1) is 0 Å². The first-order valence-electron chi connectivity index (χ1n) is 9.86. The van der Waals surface area contributed by atoms with Crippen LogP contribution in [0.3, 0.4) is 0 Å². The van der Waals surface area contributed by atoms with E-state index < -0.39 is 10.0 Å². The fourth-order valence-corrected chi connectivity index (χ4v) is 5.27. The van der Waals surface area contributed by atoms with Crippen molar-refractivity contribution in [1.29, 1.82) is 0 Å². The van der Waals surface area contributed by atoms with Gasteiger partial charge in [0.2, 0.25) is 10.0 Å². The molecule has 0 spiro atoms. The minimum Gasteiger partial charge on any atom is -0.351 e. The maximum Gasteiger partial charge on any atom is 0.267 e. The number of amides is 1. The van der Waals surface area contributed by atoms with Crippen LogP contribution in [0.5, 0.6) is 0 Å². The van der Waals surface area contributed by atoms with Crippen molar-refractivity contribution in [3.63, 3.8) is 0 Å². The lowest BCUT2D eigenvalue weighted by Crippen LogP contribution is -2.44. The van der Waals surface area contributed by atoms with Gasteiger partial charge in [0.25, 0.3) is 5.91 Å². The predicted octanol–water partition coefficient (Wildman–Crippen LogP) is 0.225. The Balaban J connectivity index is 1.54. The number of aromatic nitrogens is 1. The second-order valence-electron chi connectivity index (χ2n) is 7.34. The topological polar surface area (TPSA) is 86.7 Å². The molecule has 0 aliphatic carbocycles. The highest BCUT2D eigenvalue weighted by Gasteiger charge is 2.28. The minimum atomic E-state index is -3.52. The molecule has 0 aromatic carbocycles. The van der Waals surface area contributed by atoms with Gasteiger partial charge >= 0.3 is 0 Å². The van der Waals surface area contributed by atoms with Crippen molar-refractivity contribution in [2.24, 2.45) is 7.05 Å². The highest BCUT2D eigenvalue weighted by molar-refractivity contribution is 7.89. The van der Waals surface area contributed by atoms with Gasteiger partial charge in [-0.3, -0.25) is 4.79 Å². The number of carbonyl (C=O) groups excluding carboxylic acids is 1. The molecule has 0 saturated carbocycles. The molecule has 1 amide bonds. The van der Waals surface area contributed by atoms with Crippen molar-refractivity contribution >= 4 is 15.9 Å². The maximum atomic E-state index is 12.8. The van der Waals surface area contributed by atoms with E-state index in [9.17, 15) is 13.2 Å². The molecule has 0 unspecified atom stereocenters. The summed E-state index contributed by atoms with van der Waals surface area (Å²) in [5.41, 5.74) is 0.382. The Morgan fingerprint density at radius 3 is 2.56 bits per heavy atom. The molecular weight excluding hydrogens is 366 g/mol. The number of carbonyl (C=O) groups is 1. The molecule has 1 aromatic heterocycles. The molecule has 8 nitrogen and oxygen atoms in total. The molecule has 1 aromatic rings. The third-order valence-corrected chi connectivity index (χ3v) is 7.18. The van der Waals surface area contributed by atoms with Crippen LogP contribution >= 0.6 is 0 Å². The maximum absolute atomic E-state index is 12.8. The van der Waals surface area contributed by atoms with E-state index in [0.717, 1.165) is 58.4 Å². The fraction of sp³-hybridized carbons (Fsp3) is 0.722. The van der Waals surface area contributed by atoms with Crippen molar-refractivity contribution in [3.8, 4) is 0 Å². The molecule has 9 heteroatoms. The molecule has 152 valence electrons. The average molecular weight is 398 g/mol. The Morgan fingerprint density at radius 2 is 1.85 bits per heavy atom. The van der Waals surface area contributed by atoms with Crippen LogP contribution in [0.15, 0.2) is 17.2 Å². The monoisotopic (exact) mass is 397 g/mol. The van der Waals surface area contributed by atoms with Gasteiger partial charge in [0.05, 0.1) is 0 Å². The molecule has 3 heterocycles. The van der Waals surface area contributed by atoms with E-state index in [1.165, 1.54) is 10.4 Å². The van der Waals surface area contributed by atoms with E-state index in [-0.39, 0.29) is 10.8 Å². The van der Waals surface area contributed by atoms with Crippen molar-refractivity contribution in [1.82, 2.24) is 24.4 Å². The van der Waals surface area contributed by atoms with Gasteiger partial charge in [-0.05, 0) is 31.9 Å². The van der Waals surface area contributed by atoms with Crippen LogP contribution in [0.1, 0.15) is 36.2 Å². The first kappa shape index (κ1) is 20.3. The van der Waals surface area contributed by atoms with Gasteiger partial charge in [-0.25, -0.2) is 8.42 Å². The van der Waals surface area contributed by atoms with Crippen LogP contribution < -0.4 is 10.6 Å². The second kappa shape index (κ2) is 9.18. The van der Waals surface area contributed by atoms with Gasteiger partial charge < -0.3 is 20.1 Å². The molecular formula is C18H31N5O3S. The van der Waals surface area contributed by atoms with E-state index in [1.807, 2.05) is 0 Å². The molecule has 2 aliphatic rings. The lowest BCUT2D eigenvalue weighted by Gasteiger charge is -2.27. The first-order chi connectivity index (χ1) is 13.0. The van der Waals surface area contributed by atoms with E-state index in [4.69, 9.17) is 0 Å². The third-order valence-electron chi connectivity index (χ3n) is 5.31. The normalized spacial score (nSPS) is 19.9. The van der Waals surface area contributed by atoms with Crippen molar-refractivity contribution < 1.29 is 13.2 Å². The Bertz CT molecular complexity index is 734. The number of piperazine rings is 1. The highest BCUT2D eigenvalue weighted by atomic mass is 32.2. The summed E-state index contributed by atoms with van der Waals surface area (Å²) in [4.78, 5) is 15.1. The smallest absolute Gasteiger partial charge is 0.267 e. The van der Waals surface area contributed by atoms with Crippen molar-refractivity contribution in [3.05, 3.63) is 18.0 Å². The van der Waals surface area contributed by atoms with Gasteiger partial charge in [0, 0.05) is 59.1 Å². The van der Waals surface area contributed by atoms with Crippen LogP contribution in [0.2, 0.25) is 0 Å². The molecule has 2 saturated heterocycles. The molecule has 0 atom stereocenters. The van der Waals surface area contributed by atoms with E-state index in [0.29, 0.717) is 25.3 Å². The molecule has 2 fully saturated rings. The van der Waals surface area contributed by atoms with Crippen molar-refractivity contribution in [2.75, 3.05) is 52.4 Å². The molecule has 0 radical (unpaired) electrons. The van der Waals surface area contributed by atoms with Gasteiger partial charge in [0.15, 0.2) is 0 Å². The van der Waals surface area contributed by atoms with E-state index >= 15 is 0 Å². The molecule has 0 bridgehead atoms. The first-order valence-corrected chi connectivity index (χ1v) is 11.3. The molecule has 2 N–H and O–H groups in total. The Kier molecular flexibility index (Phi) is 6.91. The zero-order valence-corrected chi connectivity index (χ0v) is 16.9. The standard InChI is InChI=1S/C18H31N5O3S/c1-21-15-16(27(25,26)23-10-3-2-4-11-23)14-17(21)18(24)20-6-5-9-22-12-7-19-8-13-22/h14-15,19H,2-13H2,1H3,(H,20,24). The number of aryl methyl sites for hydroxylation is 1. The zero-order valence-electron chi connectivity index (χ0n) is 16.1. The lowest BCUT2D eigenvalue weighted by molar-refractivity contribution is 0.0943.